The van der Waals surface area contributed by atoms with Gasteiger partial charge in [0.05, 0.1) is 5.69 Å². The van der Waals surface area contributed by atoms with E-state index in [1.54, 1.807) is 19.1 Å². The van der Waals surface area contributed by atoms with Crippen LogP contribution < -0.4 is 0 Å². The molecule has 0 saturated carbocycles. The van der Waals surface area contributed by atoms with E-state index in [0.29, 0.717) is 5.56 Å². The zero-order valence-electron chi connectivity index (χ0n) is 5.95. The Morgan fingerprint density at radius 3 is 2.82 bits per heavy atom. The molecule has 56 valence electrons. The molecule has 11 heavy (non-hydrogen) atoms. The summed E-state index contributed by atoms with van der Waals surface area (Å²) in [6.07, 6.45) is 0. The summed E-state index contributed by atoms with van der Waals surface area (Å²) in [5.74, 6) is -0.484. The third-order valence-electron chi connectivity index (χ3n) is 1.33. The van der Waals surface area contributed by atoms with Gasteiger partial charge in [-0.25, -0.2) is 4.39 Å². The third-order valence-corrected chi connectivity index (χ3v) is 1.33. The van der Waals surface area contributed by atoms with Crippen LogP contribution in [0.5, 0.6) is 0 Å². The Labute approximate surface area is 63.1 Å². The summed E-state index contributed by atoms with van der Waals surface area (Å²) in [7, 11) is 0. The van der Waals surface area contributed by atoms with E-state index in [0.717, 1.165) is 0 Å². The lowest BCUT2D eigenvalue weighted by molar-refractivity contribution is 0.628. The molecule has 0 aliphatic rings. The molecule has 0 N–H and O–H groups in total. The van der Waals surface area contributed by atoms with Gasteiger partial charge in [-0.05, 0) is 24.1 Å². The number of azide groups is 1. The van der Waals surface area contributed by atoms with Crippen LogP contribution in [0.25, 0.3) is 10.4 Å². The first-order valence-electron chi connectivity index (χ1n) is 3.06. The fourth-order valence-electron chi connectivity index (χ4n) is 0.795. The van der Waals surface area contributed by atoms with Crippen molar-refractivity contribution >= 4 is 5.69 Å². The minimum atomic E-state index is -0.484. The lowest BCUT2D eigenvalue weighted by Crippen LogP contribution is -1.77. The zero-order valence-corrected chi connectivity index (χ0v) is 5.95. The van der Waals surface area contributed by atoms with Gasteiger partial charge in [-0.1, -0.05) is 17.2 Å². The first kappa shape index (κ1) is 7.57. The van der Waals surface area contributed by atoms with Crippen LogP contribution in [-0.2, 0) is 0 Å². The van der Waals surface area contributed by atoms with Crippen molar-refractivity contribution in [3.63, 3.8) is 0 Å². The molecule has 1 aromatic carbocycles. The van der Waals surface area contributed by atoms with Gasteiger partial charge >= 0.3 is 0 Å². The molecule has 1 aromatic rings. The van der Waals surface area contributed by atoms with E-state index in [-0.39, 0.29) is 5.69 Å². The average molecular weight is 151 g/mol. The van der Waals surface area contributed by atoms with Crippen molar-refractivity contribution < 1.29 is 4.39 Å². The molecule has 0 radical (unpaired) electrons. The van der Waals surface area contributed by atoms with Crippen LogP contribution in [0.1, 0.15) is 5.56 Å². The number of benzene rings is 1. The summed E-state index contributed by atoms with van der Waals surface area (Å²) >= 11 is 0. The van der Waals surface area contributed by atoms with Crippen LogP contribution >= 0.6 is 0 Å². The molecule has 1 rings (SSSR count). The summed E-state index contributed by atoms with van der Waals surface area (Å²) in [6.45, 7) is 1.69. The van der Waals surface area contributed by atoms with Crippen molar-refractivity contribution in [2.24, 2.45) is 5.11 Å². The van der Waals surface area contributed by atoms with Gasteiger partial charge in [-0.3, -0.25) is 0 Å². The lowest BCUT2D eigenvalue weighted by Gasteiger charge is -1.97. The Balaban J connectivity index is 3.31. The first-order valence-corrected chi connectivity index (χ1v) is 3.06. The minimum absolute atomic E-state index is 0.0787. The van der Waals surface area contributed by atoms with Crippen molar-refractivity contribution in [3.8, 4) is 0 Å². The second-order valence-corrected chi connectivity index (χ2v) is 2.09. The highest BCUT2D eigenvalue weighted by Gasteiger charge is 2.00. The Morgan fingerprint density at radius 1 is 1.55 bits per heavy atom. The van der Waals surface area contributed by atoms with Crippen LogP contribution in [0.2, 0.25) is 0 Å². The maximum atomic E-state index is 12.8. The molecule has 3 nitrogen and oxygen atoms in total. The number of hydrogen-bond donors (Lipinski definition) is 0. The second-order valence-electron chi connectivity index (χ2n) is 2.09. The summed E-state index contributed by atoms with van der Waals surface area (Å²) < 4.78 is 12.8. The number of hydrogen-bond acceptors (Lipinski definition) is 1. The summed E-state index contributed by atoms with van der Waals surface area (Å²) in [5, 5.41) is 3.21. The van der Waals surface area contributed by atoms with Gasteiger partial charge in [-0.2, -0.15) is 0 Å². The van der Waals surface area contributed by atoms with Gasteiger partial charge in [0, 0.05) is 4.91 Å². The van der Waals surface area contributed by atoms with Crippen LogP contribution in [0.3, 0.4) is 0 Å². The maximum Gasteiger partial charge on any atom is 0.133 e. The SMILES string of the molecule is Cc1cccc(F)c1N=[N+]=[N-]. The summed E-state index contributed by atoms with van der Waals surface area (Å²) in [6, 6.07) is 4.52. The zero-order chi connectivity index (χ0) is 8.27. The van der Waals surface area contributed by atoms with Gasteiger partial charge in [0.25, 0.3) is 0 Å². The van der Waals surface area contributed by atoms with Crippen LogP contribution in [0.4, 0.5) is 10.1 Å². The maximum absolute atomic E-state index is 12.8. The van der Waals surface area contributed by atoms with Gasteiger partial charge in [0.1, 0.15) is 5.82 Å². The number of halogens is 1. The van der Waals surface area contributed by atoms with E-state index in [2.05, 4.69) is 10.0 Å². The van der Waals surface area contributed by atoms with E-state index in [1.807, 2.05) is 0 Å². The Hall–Kier alpha value is -1.54. The number of nitrogens with zero attached hydrogens (tertiary/aromatic N) is 3. The number of rotatable bonds is 1. The molecule has 0 heterocycles. The topological polar surface area (TPSA) is 48.8 Å². The third kappa shape index (κ3) is 1.48. The van der Waals surface area contributed by atoms with Crippen LogP contribution in [0.15, 0.2) is 23.3 Å². The van der Waals surface area contributed by atoms with E-state index in [4.69, 9.17) is 5.53 Å². The molecule has 4 heteroatoms. The van der Waals surface area contributed by atoms with E-state index < -0.39 is 5.82 Å². The monoisotopic (exact) mass is 151 g/mol. The highest BCUT2D eigenvalue weighted by Crippen LogP contribution is 2.21. The van der Waals surface area contributed by atoms with Gasteiger partial charge in [0.2, 0.25) is 0 Å². The predicted octanol–water partition coefficient (Wildman–Crippen LogP) is 3.08. The van der Waals surface area contributed by atoms with Crippen LogP contribution in [0, 0.1) is 12.7 Å². The predicted molar refractivity (Wildman–Crippen MR) is 39.9 cm³/mol. The van der Waals surface area contributed by atoms with Crippen molar-refractivity contribution in [3.05, 3.63) is 40.0 Å². The molecule has 0 bridgehead atoms. The molecule has 0 saturated heterocycles. The molecule has 0 aliphatic carbocycles. The molecule has 0 aliphatic heterocycles. The average Bonchev–Trinajstić information content (AvgIpc) is 1.97. The first-order chi connectivity index (χ1) is 5.25. The molecular weight excluding hydrogens is 145 g/mol. The second kappa shape index (κ2) is 3.03. The standard InChI is InChI=1S/C7H6FN3/c1-5-3-2-4-6(8)7(5)10-11-9/h2-4H,1H3. The van der Waals surface area contributed by atoms with Crippen molar-refractivity contribution in [2.75, 3.05) is 0 Å². The van der Waals surface area contributed by atoms with E-state index in [9.17, 15) is 4.39 Å². The Bertz CT molecular complexity index is 295. The quantitative estimate of drug-likeness (QED) is 0.336. The lowest BCUT2D eigenvalue weighted by atomic mass is 10.2. The molecule has 0 fully saturated rings. The Kier molecular flexibility index (Phi) is 2.09. The van der Waals surface area contributed by atoms with E-state index >= 15 is 0 Å². The Morgan fingerprint density at radius 2 is 2.27 bits per heavy atom. The van der Waals surface area contributed by atoms with E-state index in [1.165, 1.54) is 6.07 Å². The molecular formula is C7H6FN3. The smallest absolute Gasteiger partial charge is 0.133 e. The van der Waals surface area contributed by atoms with Crippen molar-refractivity contribution in [1.29, 1.82) is 0 Å². The summed E-state index contributed by atoms with van der Waals surface area (Å²) in [5.41, 5.74) is 8.78. The fraction of sp³-hybridized carbons (Fsp3) is 0.143. The highest BCUT2D eigenvalue weighted by molar-refractivity contribution is 5.45. The minimum Gasteiger partial charge on any atom is -0.206 e. The molecule has 0 unspecified atom stereocenters. The normalized spacial score (nSPS) is 8.91. The van der Waals surface area contributed by atoms with Gasteiger partial charge in [0.15, 0.2) is 0 Å². The van der Waals surface area contributed by atoms with Gasteiger partial charge < -0.3 is 0 Å². The van der Waals surface area contributed by atoms with Crippen molar-refractivity contribution in [1.82, 2.24) is 0 Å². The highest BCUT2D eigenvalue weighted by atomic mass is 19.1. The van der Waals surface area contributed by atoms with Crippen LogP contribution in [-0.4, -0.2) is 0 Å². The molecule has 0 aromatic heterocycles. The van der Waals surface area contributed by atoms with Crippen molar-refractivity contribution in [2.45, 2.75) is 6.92 Å². The summed E-state index contributed by atoms with van der Waals surface area (Å²) in [4.78, 5) is 2.51. The van der Waals surface area contributed by atoms with Gasteiger partial charge in [-0.15, -0.1) is 0 Å². The largest absolute Gasteiger partial charge is 0.206 e. The fourth-order valence-corrected chi connectivity index (χ4v) is 0.795. The molecule has 0 atom stereocenters. The molecule has 0 amide bonds. The molecule has 0 spiro atoms. The number of aryl methyl sites for hydroxylation is 1.